The van der Waals surface area contributed by atoms with E-state index in [9.17, 15) is 9.59 Å². The van der Waals surface area contributed by atoms with Crippen molar-refractivity contribution in [2.75, 3.05) is 19.6 Å². The van der Waals surface area contributed by atoms with Crippen LogP contribution in [0.2, 0.25) is 5.02 Å². The maximum atomic E-state index is 13.4. The van der Waals surface area contributed by atoms with Crippen molar-refractivity contribution in [3.63, 3.8) is 0 Å². The summed E-state index contributed by atoms with van der Waals surface area (Å²) in [5, 5.41) is 5.39. The van der Waals surface area contributed by atoms with Gasteiger partial charge >= 0.3 is 0 Å². The second kappa shape index (κ2) is 11.7. The smallest absolute Gasteiger partial charge is 0.255 e. The monoisotopic (exact) mass is 501 g/mol. The van der Waals surface area contributed by atoms with Crippen molar-refractivity contribution in [3.05, 3.63) is 93.1 Å². The van der Waals surface area contributed by atoms with Gasteiger partial charge in [-0.2, -0.15) is 0 Å². The average molecular weight is 502 g/mol. The molecule has 0 aliphatic carbocycles. The van der Waals surface area contributed by atoms with Crippen molar-refractivity contribution in [2.45, 2.75) is 20.5 Å². The molecule has 1 N–H and O–H groups in total. The first-order chi connectivity index (χ1) is 17.5. The molecular weight excluding hydrogens is 474 g/mol. The fourth-order valence-corrected chi connectivity index (χ4v) is 4.07. The minimum atomic E-state index is -0.200. The van der Waals surface area contributed by atoms with Gasteiger partial charge in [0.2, 0.25) is 5.91 Å². The molecule has 0 unspecified atom stereocenters. The molecule has 36 heavy (non-hydrogen) atoms. The molecule has 0 spiro atoms. The third-order valence-electron chi connectivity index (χ3n) is 5.89. The number of nitrogens with zero attached hydrogens (tertiary/aromatic N) is 2. The summed E-state index contributed by atoms with van der Waals surface area (Å²) in [7, 11) is 0. The van der Waals surface area contributed by atoms with E-state index in [1.165, 1.54) is 0 Å². The number of hydrogen-bond donors (Lipinski definition) is 1. The van der Waals surface area contributed by atoms with E-state index >= 15 is 0 Å². The molecule has 0 atom stereocenters. The van der Waals surface area contributed by atoms with Crippen molar-refractivity contribution < 1.29 is 14.3 Å². The van der Waals surface area contributed by atoms with Gasteiger partial charge in [-0.25, -0.2) is 4.98 Å². The highest BCUT2D eigenvalue weighted by molar-refractivity contribution is 6.30. The zero-order valence-electron chi connectivity index (χ0n) is 20.3. The number of ether oxygens (including phenoxy) is 1. The lowest BCUT2D eigenvalue weighted by Gasteiger charge is -2.27. The number of piperazine rings is 1. The van der Waals surface area contributed by atoms with Gasteiger partial charge in [-0.1, -0.05) is 54.1 Å². The summed E-state index contributed by atoms with van der Waals surface area (Å²) < 4.78 is 5.95. The van der Waals surface area contributed by atoms with Gasteiger partial charge in [0, 0.05) is 23.7 Å². The minimum absolute atomic E-state index is 0.0384. The molecular formula is C29H28ClN3O3. The predicted molar refractivity (Wildman–Crippen MR) is 143 cm³/mol. The van der Waals surface area contributed by atoms with E-state index in [-0.39, 0.29) is 18.4 Å². The Labute approximate surface area is 215 Å². The van der Waals surface area contributed by atoms with Gasteiger partial charge in [0.15, 0.2) is 0 Å². The zero-order chi connectivity index (χ0) is 25.5. The van der Waals surface area contributed by atoms with Crippen LogP contribution in [0.4, 0.5) is 0 Å². The second-order valence-corrected chi connectivity index (χ2v) is 8.79. The minimum Gasteiger partial charge on any atom is -0.487 e. The zero-order valence-corrected chi connectivity index (χ0v) is 21.1. The van der Waals surface area contributed by atoms with Gasteiger partial charge in [-0.3, -0.25) is 9.59 Å². The van der Waals surface area contributed by atoms with Crippen molar-refractivity contribution in [2.24, 2.45) is 0 Å². The molecule has 0 bridgehead atoms. The van der Waals surface area contributed by atoms with Crippen LogP contribution in [0.25, 0.3) is 23.8 Å². The fourth-order valence-electron chi connectivity index (χ4n) is 3.95. The SMILES string of the molecule is C/C=c1/ccc(COc2ccc(/C(=C\c3ccc(Cl)cc3)C(=O)N3CCNC(=O)C3)cc2)n/c1=C/C. The Kier molecular flexibility index (Phi) is 8.18. The maximum Gasteiger partial charge on any atom is 0.255 e. The molecule has 4 rings (SSSR count). The van der Waals surface area contributed by atoms with Crippen LogP contribution in [-0.4, -0.2) is 41.3 Å². The van der Waals surface area contributed by atoms with Crippen molar-refractivity contribution in [1.82, 2.24) is 15.2 Å². The van der Waals surface area contributed by atoms with Crippen LogP contribution in [0.5, 0.6) is 5.75 Å². The summed E-state index contributed by atoms with van der Waals surface area (Å²) in [5.74, 6) is 0.310. The van der Waals surface area contributed by atoms with Crippen LogP contribution in [0.15, 0.2) is 60.7 Å². The van der Waals surface area contributed by atoms with E-state index in [0.717, 1.165) is 27.4 Å². The summed E-state index contributed by atoms with van der Waals surface area (Å²) in [5.41, 5.74) is 2.90. The summed E-state index contributed by atoms with van der Waals surface area (Å²) in [4.78, 5) is 31.5. The third kappa shape index (κ3) is 6.20. The normalized spacial score (nSPS) is 15.1. The van der Waals surface area contributed by atoms with E-state index in [0.29, 0.717) is 36.0 Å². The van der Waals surface area contributed by atoms with Crippen LogP contribution in [0, 0.1) is 0 Å². The standard InChI is InChI=1S/C29H28ClN3O3/c1-3-21-7-12-24(32-27(21)4-2)19-36-25-13-8-22(9-14-25)26(17-20-5-10-23(30)11-6-20)29(35)33-16-15-31-28(34)18-33/h3-14,17H,15-16,18-19H2,1-2H3,(H,31,34)/b21-3-,26-17+,27-4+. The van der Waals surface area contributed by atoms with E-state index in [4.69, 9.17) is 16.3 Å². The highest BCUT2D eigenvalue weighted by atomic mass is 35.5. The maximum absolute atomic E-state index is 13.4. The molecule has 2 heterocycles. The summed E-state index contributed by atoms with van der Waals surface area (Å²) >= 11 is 6.03. The third-order valence-corrected chi connectivity index (χ3v) is 6.14. The lowest BCUT2D eigenvalue weighted by Crippen LogP contribution is -2.50. The van der Waals surface area contributed by atoms with Crippen molar-refractivity contribution in [1.29, 1.82) is 0 Å². The molecule has 1 saturated heterocycles. The quantitative estimate of drug-likeness (QED) is 0.415. The largest absolute Gasteiger partial charge is 0.487 e. The summed E-state index contributed by atoms with van der Waals surface area (Å²) in [6.45, 7) is 5.22. The number of aromatic nitrogens is 1. The van der Waals surface area contributed by atoms with Gasteiger partial charge in [-0.05, 0) is 66.6 Å². The number of halogens is 1. The molecule has 1 fully saturated rings. The Morgan fingerprint density at radius 1 is 1.06 bits per heavy atom. The molecule has 6 nitrogen and oxygen atoms in total. The van der Waals surface area contributed by atoms with Gasteiger partial charge in [0.25, 0.3) is 5.91 Å². The van der Waals surface area contributed by atoms with Crippen LogP contribution < -0.4 is 20.6 Å². The van der Waals surface area contributed by atoms with Gasteiger partial charge in [0.1, 0.15) is 12.4 Å². The van der Waals surface area contributed by atoms with Crippen LogP contribution in [-0.2, 0) is 16.2 Å². The second-order valence-electron chi connectivity index (χ2n) is 8.35. The molecule has 1 aliphatic heterocycles. The molecule has 0 saturated carbocycles. The van der Waals surface area contributed by atoms with Crippen LogP contribution >= 0.6 is 11.6 Å². The first-order valence-electron chi connectivity index (χ1n) is 11.8. The van der Waals surface area contributed by atoms with Gasteiger partial charge < -0.3 is 15.0 Å². The lowest BCUT2D eigenvalue weighted by atomic mass is 10.0. The molecule has 7 heteroatoms. The predicted octanol–water partition coefficient (Wildman–Crippen LogP) is 3.41. The Morgan fingerprint density at radius 3 is 2.47 bits per heavy atom. The molecule has 184 valence electrons. The first kappa shape index (κ1) is 25.2. The summed E-state index contributed by atoms with van der Waals surface area (Å²) in [6.07, 6.45) is 5.82. The van der Waals surface area contributed by atoms with E-state index < -0.39 is 0 Å². The number of pyridine rings is 1. The van der Waals surface area contributed by atoms with Crippen LogP contribution in [0.3, 0.4) is 0 Å². The number of benzene rings is 2. The van der Waals surface area contributed by atoms with Crippen molar-refractivity contribution in [3.8, 4) is 5.75 Å². The molecule has 2 aromatic carbocycles. The lowest BCUT2D eigenvalue weighted by molar-refractivity contribution is -0.134. The Balaban J connectivity index is 1.56. The summed E-state index contributed by atoms with van der Waals surface area (Å²) in [6, 6.07) is 18.6. The number of carbonyl (C=O) groups is 2. The van der Waals surface area contributed by atoms with E-state index in [1.807, 2.05) is 80.6 Å². The average Bonchev–Trinajstić information content (AvgIpc) is 2.91. The topological polar surface area (TPSA) is 71.5 Å². The van der Waals surface area contributed by atoms with E-state index in [1.54, 1.807) is 17.0 Å². The first-order valence-corrected chi connectivity index (χ1v) is 12.2. The molecule has 3 aromatic rings. The number of hydrogen-bond acceptors (Lipinski definition) is 4. The number of rotatable bonds is 6. The highest BCUT2D eigenvalue weighted by Gasteiger charge is 2.24. The van der Waals surface area contributed by atoms with Crippen molar-refractivity contribution >= 4 is 47.2 Å². The highest BCUT2D eigenvalue weighted by Crippen LogP contribution is 2.25. The van der Waals surface area contributed by atoms with Gasteiger partial charge in [0.05, 0.1) is 17.6 Å². The van der Waals surface area contributed by atoms with Crippen LogP contribution in [0.1, 0.15) is 30.7 Å². The molecule has 0 radical (unpaired) electrons. The number of carbonyl (C=O) groups excluding carboxylic acids is 2. The van der Waals surface area contributed by atoms with E-state index in [2.05, 4.69) is 10.3 Å². The Morgan fingerprint density at radius 2 is 1.81 bits per heavy atom. The molecule has 1 aliphatic rings. The number of amides is 2. The number of nitrogens with one attached hydrogen (secondary N) is 1. The Bertz CT molecular complexity index is 1400. The van der Waals surface area contributed by atoms with Gasteiger partial charge in [-0.15, -0.1) is 0 Å². The fraction of sp³-hybridized carbons (Fsp3) is 0.207. The molecule has 1 aromatic heterocycles. The molecule has 2 amide bonds. The Hall–Kier alpha value is -3.90.